The minimum atomic E-state index is -2.03. The van der Waals surface area contributed by atoms with Gasteiger partial charge in [0.15, 0.2) is 0 Å². The van der Waals surface area contributed by atoms with Gasteiger partial charge in [-0.3, -0.25) is 47.4 Å². The summed E-state index contributed by atoms with van der Waals surface area (Å²) in [6, 6.07) is -7.64. The predicted molar refractivity (Wildman–Crippen MR) is 201 cm³/mol. The van der Waals surface area contributed by atoms with Crippen molar-refractivity contribution in [3.05, 3.63) is 11.6 Å². The van der Waals surface area contributed by atoms with Crippen molar-refractivity contribution in [3.8, 4) is 0 Å². The molecule has 57 heavy (non-hydrogen) atoms. The Morgan fingerprint density at radius 2 is 1.49 bits per heavy atom. The topological polar surface area (TPSA) is 371 Å². The lowest BCUT2D eigenvalue weighted by Crippen LogP contribution is -2.60. The molecule has 1 rings (SSSR count). The van der Waals surface area contributed by atoms with Crippen LogP contribution in [0.2, 0.25) is 0 Å². The first-order valence-corrected chi connectivity index (χ1v) is 19.2. The molecule has 0 aromatic rings. The number of carbonyl (C=O) groups excluding carboxylic acids is 9. The SMILES string of the molecule is C=C(NC)S(=O)C[C@H](NC(=O)CNC(=O)[C@@H](NC(=O)CNC(C)=O)[C@@H](C)CC)C(=O)N[C@@H](CC(N)=O)C(=O)N1C[C@H](O)C[C@H]1C(=O)N[C@H](C(N)=O)[C@@H](C)[C@@H](O)CO. The molecule has 10 atom stereocenters. The van der Waals surface area contributed by atoms with Crippen molar-refractivity contribution in [1.29, 1.82) is 0 Å². The van der Waals surface area contributed by atoms with Gasteiger partial charge in [-0.05, 0) is 5.92 Å². The lowest BCUT2D eigenvalue weighted by Gasteiger charge is -2.31. The summed E-state index contributed by atoms with van der Waals surface area (Å²) in [7, 11) is -0.640. The van der Waals surface area contributed by atoms with E-state index >= 15 is 0 Å². The van der Waals surface area contributed by atoms with Crippen molar-refractivity contribution in [2.75, 3.05) is 39.0 Å². The predicted octanol–water partition coefficient (Wildman–Crippen LogP) is -7.02. The zero-order valence-electron chi connectivity index (χ0n) is 32.5. The number of carbonyl (C=O) groups is 9. The van der Waals surface area contributed by atoms with E-state index in [1.165, 1.54) is 20.9 Å². The first-order valence-electron chi connectivity index (χ1n) is 17.9. The molecule has 9 amide bonds. The number of primary amides is 2. The van der Waals surface area contributed by atoms with E-state index in [1.807, 2.05) is 0 Å². The van der Waals surface area contributed by atoms with Crippen LogP contribution in [0.5, 0.6) is 0 Å². The Labute approximate surface area is 331 Å². The molecular formula is C33H56N10O13S. The van der Waals surface area contributed by atoms with Gasteiger partial charge in [0.1, 0.15) is 30.2 Å². The van der Waals surface area contributed by atoms with Gasteiger partial charge >= 0.3 is 0 Å². The van der Waals surface area contributed by atoms with Gasteiger partial charge in [-0.25, -0.2) is 0 Å². The van der Waals surface area contributed by atoms with Gasteiger partial charge in [0.05, 0.1) is 59.9 Å². The quantitative estimate of drug-likeness (QED) is 0.0430. The Bertz CT molecular complexity index is 1550. The van der Waals surface area contributed by atoms with Crippen molar-refractivity contribution in [2.24, 2.45) is 23.3 Å². The van der Waals surface area contributed by atoms with Crippen LogP contribution in [0.15, 0.2) is 11.6 Å². The molecule has 0 radical (unpaired) electrons. The molecule has 1 saturated heterocycles. The molecule has 0 bridgehead atoms. The van der Waals surface area contributed by atoms with Gasteiger partial charge in [-0.1, -0.05) is 33.8 Å². The number of β-amino-alcohol motifs (C(OH)–C–C–N with tert-alkyl or cyclic N) is 1. The van der Waals surface area contributed by atoms with E-state index < -0.39 is 157 Å². The zero-order valence-corrected chi connectivity index (χ0v) is 33.3. The van der Waals surface area contributed by atoms with Gasteiger partial charge in [0.2, 0.25) is 53.2 Å². The summed E-state index contributed by atoms with van der Waals surface area (Å²) >= 11 is 0. The van der Waals surface area contributed by atoms with Crippen LogP contribution in [0.1, 0.15) is 47.0 Å². The second kappa shape index (κ2) is 23.8. The monoisotopic (exact) mass is 832 g/mol. The second-order valence-electron chi connectivity index (χ2n) is 13.5. The van der Waals surface area contributed by atoms with E-state index in [-0.39, 0.29) is 11.4 Å². The van der Waals surface area contributed by atoms with Crippen molar-refractivity contribution >= 4 is 64.0 Å². The number of aliphatic hydroxyl groups is 3. The summed E-state index contributed by atoms with van der Waals surface area (Å²) in [6.07, 6.45) is -3.52. The highest BCUT2D eigenvalue weighted by atomic mass is 32.2. The molecule has 14 N–H and O–H groups in total. The number of hydrogen-bond donors (Lipinski definition) is 12. The van der Waals surface area contributed by atoms with Gasteiger partial charge < -0.3 is 68.9 Å². The number of nitrogens with one attached hydrogen (secondary N) is 7. The minimum absolute atomic E-state index is 0.0542. The maximum atomic E-state index is 13.9. The molecule has 1 fully saturated rings. The van der Waals surface area contributed by atoms with Crippen LogP contribution in [0.3, 0.4) is 0 Å². The van der Waals surface area contributed by atoms with Gasteiger partial charge in [-0.15, -0.1) is 0 Å². The summed E-state index contributed by atoms with van der Waals surface area (Å²) in [5.41, 5.74) is 10.8. The highest BCUT2D eigenvalue weighted by Crippen LogP contribution is 2.21. The van der Waals surface area contributed by atoms with Crippen LogP contribution < -0.4 is 48.7 Å². The maximum absolute atomic E-state index is 13.9. The zero-order chi connectivity index (χ0) is 43.7. The Morgan fingerprint density at radius 3 is 2.02 bits per heavy atom. The maximum Gasteiger partial charge on any atom is 0.246 e. The van der Waals surface area contributed by atoms with Gasteiger partial charge in [0, 0.05) is 32.9 Å². The van der Waals surface area contributed by atoms with Crippen molar-refractivity contribution in [2.45, 2.75) is 89.4 Å². The molecule has 0 aromatic carbocycles. The highest BCUT2D eigenvalue weighted by Gasteiger charge is 2.44. The van der Waals surface area contributed by atoms with E-state index in [1.54, 1.807) is 13.8 Å². The van der Waals surface area contributed by atoms with Crippen LogP contribution in [-0.2, 0) is 54.0 Å². The van der Waals surface area contributed by atoms with Crippen molar-refractivity contribution in [1.82, 2.24) is 42.1 Å². The molecule has 0 aliphatic carbocycles. The van der Waals surface area contributed by atoms with Crippen molar-refractivity contribution in [3.63, 3.8) is 0 Å². The molecule has 1 aliphatic rings. The van der Waals surface area contributed by atoms with Gasteiger partial charge in [0.25, 0.3) is 0 Å². The number of amides is 9. The average Bonchev–Trinajstić information content (AvgIpc) is 3.55. The number of rotatable bonds is 24. The second-order valence-corrected chi connectivity index (χ2v) is 15.0. The Kier molecular flexibility index (Phi) is 20.8. The molecule has 1 aliphatic heterocycles. The summed E-state index contributed by atoms with van der Waals surface area (Å²) in [4.78, 5) is 116. The lowest BCUT2D eigenvalue weighted by atomic mass is 9.95. The third-order valence-corrected chi connectivity index (χ3v) is 10.5. The van der Waals surface area contributed by atoms with Crippen molar-refractivity contribution < 1.29 is 62.7 Å². The smallest absolute Gasteiger partial charge is 0.246 e. The Hall–Kier alpha value is -5.20. The average molecular weight is 833 g/mol. The molecule has 0 spiro atoms. The summed E-state index contributed by atoms with van der Waals surface area (Å²) in [5.74, 6) is -10.4. The molecule has 322 valence electrons. The van der Waals surface area contributed by atoms with E-state index in [0.29, 0.717) is 6.42 Å². The molecule has 1 heterocycles. The summed E-state index contributed by atoms with van der Waals surface area (Å²) in [5, 5.41) is 46.3. The number of hydrogen-bond acceptors (Lipinski definition) is 14. The fourth-order valence-corrected chi connectivity index (χ4v) is 6.45. The number of aliphatic hydroxyl groups excluding tert-OH is 3. The fourth-order valence-electron chi connectivity index (χ4n) is 5.48. The van der Waals surface area contributed by atoms with Crippen LogP contribution >= 0.6 is 0 Å². The summed E-state index contributed by atoms with van der Waals surface area (Å²) < 4.78 is 12.9. The third kappa shape index (κ3) is 16.1. The van der Waals surface area contributed by atoms with Crippen LogP contribution in [0, 0.1) is 11.8 Å². The third-order valence-electron chi connectivity index (χ3n) is 9.07. The molecule has 23 nitrogen and oxygen atoms in total. The molecule has 0 aromatic heterocycles. The Balaban J connectivity index is 3.30. The van der Waals surface area contributed by atoms with E-state index in [9.17, 15) is 62.7 Å². The normalized spacial score (nSPS) is 19.1. The molecule has 1 unspecified atom stereocenters. The first kappa shape index (κ1) is 49.8. The van der Waals surface area contributed by atoms with E-state index in [0.717, 1.165) is 4.90 Å². The largest absolute Gasteiger partial charge is 0.394 e. The molecule has 24 heteroatoms. The number of likely N-dealkylation sites (tertiary alicyclic amines) is 1. The lowest BCUT2D eigenvalue weighted by molar-refractivity contribution is -0.143. The van der Waals surface area contributed by atoms with Gasteiger partial charge in [-0.2, -0.15) is 0 Å². The highest BCUT2D eigenvalue weighted by molar-refractivity contribution is 7.88. The number of nitrogens with two attached hydrogens (primary N) is 2. The minimum Gasteiger partial charge on any atom is -0.394 e. The fraction of sp³-hybridized carbons (Fsp3) is 0.667. The summed E-state index contributed by atoms with van der Waals surface area (Å²) in [6.45, 7) is 7.12. The van der Waals surface area contributed by atoms with E-state index in [4.69, 9.17) is 11.5 Å². The molecular weight excluding hydrogens is 776 g/mol. The first-order chi connectivity index (χ1) is 26.6. The Morgan fingerprint density at radius 1 is 0.895 bits per heavy atom. The molecule has 0 saturated carbocycles. The van der Waals surface area contributed by atoms with E-state index in [2.05, 4.69) is 43.8 Å². The van der Waals surface area contributed by atoms with Crippen LogP contribution in [-0.4, -0.2) is 159 Å². The standard InChI is InChI=1S/C33H56N10O13S/c1-7-15(2)27(41-26(50)10-37-17(4)45)32(54)38-11-25(49)39-21(14-57(56)18(5)36-6)30(52)40-20(9-24(34)48)33(55)43-12-19(46)8-22(43)31(53)42-28(29(35)51)16(3)23(47)13-44/h15-16,19-23,27-28,36,44,46-47H,5,7-14H2,1-4,6H3,(H2,34,48)(H2,35,51)(H,37,45)(H,38,54)(H,39,49)(H,40,52)(H,41,50)(H,42,53)/t15-,16-,19+,20-,21-,22-,23-,27-,28-,57?/m0/s1. The number of nitrogens with zero attached hydrogens (tertiary/aromatic N) is 1. The van der Waals surface area contributed by atoms with Crippen LogP contribution in [0.25, 0.3) is 0 Å². The van der Waals surface area contributed by atoms with Crippen LogP contribution in [0.4, 0.5) is 0 Å².